The largest absolute Gasteiger partial charge is 0.481 e. The van der Waals surface area contributed by atoms with Gasteiger partial charge in [-0.25, -0.2) is 4.99 Å². The van der Waals surface area contributed by atoms with Crippen LogP contribution in [0.3, 0.4) is 0 Å². The summed E-state index contributed by atoms with van der Waals surface area (Å²) in [6.45, 7) is 0. The summed E-state index contributed by atoms with van der Waals surface area (Å²) in [4.78, 5) is 33.5. The van der Waals surface area contributed by atoms with Gasteiger partial charge in [0.1, 0.15) is 5.70 Å². The Kier molecular flexibility index (Phi) is 5.25. The highest BCUT2D eigenvalue weighted by Crippen LogP contribution is 2.29. The molecular formula is C18H15N3O3S. The van der Waals surface area contributed by atoms with E-state index in [1.165, 1.54) is 16.7 Å². The molecule has 7 heteroatoms. The minimum atomic E-state index is -0.880. The summed E-state index contributed by atoms with van der Waals surface area (Å²) in [5, 5.41) is 9.30. The molecule has 0 spiro atoms. The first kappa shape index (κ1) is 16.9. The molecule has 126 valence electrons. The molecule has 25 heavy (non-hydrogen) atoms. The van der Waals surface area contributed by atoms with Crippen LogP contribution >= 0.6 is 11.8 Å². The van der Waals surface area contributed by atoms with Crippen LogP contribution in [-0.2, 0) is 9.59 Å². The van der Waals surface area contributed by atoms with E-state index in [0.29, 0.717) is 22.3 Å². The number of carboxylic acid groups (broad SMARTS) is 1. The number of nitrogens with zero attached hydrogens (tertiary/aromatic N) is 3. The molecule has 0 bridgehead atoms. The van der Waals surface area contributed by atoms with Crippen LogP contribution in [-0.4, -0.2) is 32.9 Å². The zero-order valence-corrected chi connectivity index (χ0v) is 14.0. The zero-order chi connectivity index (χ0) is 17.6. The van der Waals surface area contributed by atoms with Crippen LogP contribution in [0, 0.1) is 0 Å². The van der Waals surface area contributed by atoms with Crippen LogP contribution in [0.25, 0.3) is 6.08 Å². The lowest BCUT2D eigenvalue weighted by molar-refractivity contribution is -0.136. The summed E-state index contributed by atoms with van der Waals surface area (Å²) in [6.07, 6.45) is 4.99. The van der Waals surface area contributed by atoms with Crippen molar-refractivity contribution in [1.82, 2.24) is 4.98 Å². The van der Waals surface area contributed by atoms with Crippen molar-refractivity contribution in [3.63, 3.8) is 0 Å². The molecule has 1 aromatic carbocycles. The zero-order valence-electron chi connectivity index (χ0n) is 13.2. The third kappa shape index (κ3) is 4.13. The maximum atomic E-state index is 12.8. The molecule has 2 heterocycles. The van der Waals surface area contributed by atoms with Gasteiger partial charge in [0.15, 0.2) is 5.17 Å². The lowest BCUT2D eigenvalue weighted by atomic mass is 10.2. The van der Waals surface area contributed by atoms with E-state index in [0.717, 1.165) is 5.56 Å². The number of rotatable bonds is 5. The highest BCUT2D eigenvalue weighted by atomic mass is 32.2. The lowest BCUT2D eigenvalue weighted by Crippen LogP contribution is -2.30. The van der Waals surface area contributed by atoms with Crippen molar-refractivity contribution >= 4 is 40.6 Å². The van der Waals surface area contributed by atoms with E-state index in [-0.39, 0.29) is 12.3 Å². The Labute approximate surface area is 148 Å². The van der Waals surface area contributed by atoms with Gasteiger partial charge >= 0.3 is 5.97 Å². The van der Waals surface area contributed by atoms with Crippen LogP contribution in [0.5, 0.6) is 0 Å². The second-order valence-corrected chi connectivity index (χ2v) is 6.24. The van der Waals surface area contributed by atoms with Crippen LogP contribution in [0.1, 0.15) is 12.0 Å². The lowest BCUT2D eigenvalue weighted by Gasteiger charge is -2.17. The molecule has 1 amide bonds. The fraction of sp³-hybridized carbons (Fsp3) is 0.111. The van der Waals surface area contributed by atoms with Gasteiger partial charge in [0.2, 0.25) is 0 Å². The van der Waals surface area contributed by atoms with Gasteiger partial charge in [-0.1, -0.05) is 36.0 Å². The molecule has 0 atom stereocenters. The first-order chi connectivity index (χ1) is 12.1. The molecule has 1 aliphatic rings. The van der Waals surface area contributed by atoms with Crippen LogP contribution in [0.2, 0.25) is 0 Å². The molecule has 1 aromatic heterocycles. The molecule has 0 fully saturated rings. The number of thioether (sulfide) groups is 1. The van der Waals surface area contributed by atoms with Crippen molar-refractivity contribution in [2.75, 3.05) is 10.7 Å². The Morgan fingerprint density at radius 2 is 2.00 bits per heavy atom. The Morgan fingerprint density at radius 3 is 2.68 bits per heavy atom. The first-order valence-electron chi connectivity index (χ1n) is 7.59. The molecule has 0 radical (unpaired) electrons. The number of amides is 1. The van der Waals surface area contributed by atoms with Gasteiger partial charge in [-0.3, -0.25) is 19.5 Å². The topological polar surface area (TPSA) is 82.9 Å². The number of hydrogen-bond acceptors (Lipinski definition) is 5. The van der Waals surface area contributed by atoms with Gasteiger partial charge < -0.3 is 5.11 Å². The number of aliphatic carboxylic acids is 1. The molecule has 2 aromatic rings. The van der Waals surface area contributed by atoms with Gasteiger partial charge in [0.05, 0.1) is 12.1 Å². The number of aliphatic imine (C=N–C) groups is 1. The summed E-state index contributed by atoms with van der Waals surface area (Å²) >= 11 is 1.25. The SMILES string of the molecule is O=C(O)CCSC1=N/C(=C\c2cccnc2)C(=O)N1c1ccccc1. The van der Waals surface area contributed by atoms with Crippen molar-refractivity contribution in [3.8, 4) is 0 Å². The van der Waals surface area contributed by atoms with Crippen molar-refractivity contribution < 1.29 is 14.7 Å². The molecule has 0 aliphatic carbocycles. The number of carboxylic acids is 1. The molecule has 1 N–H and O–H groups in total. The number of carbonyl (C=O) groups is 2. The average Bonchev–Trinajstić information content (AvgIpc) is 2.92. The molecule has 0 saturated heterocycles. The van der Waals surface area contributed by atoms with E-state index in [1.807, 2.05) is 36.4 Å². The van der Waals surface area contributed by atoms with Crippen LogP contribution < -0.4 is 4.90 Å². The van der Waals surface area contributed by atoms with Crippen LogP contribution in [0.4, 0.5) is 5.69 Å². The quantitative estimate of drug-likeness (QED) is 0.836. The van der Waals surface area contributed by atoms with E-state index >= 15 is 0 Å². The first-order valence-corrected chi connectivity index (χ1v) is 8.58. The van der Waals surface area contributed by atoms with Crippen molar-refractivity contribution in [2.24, 2.45) is 4.99 Å². The number of para-hydroxylation sites is 1. The molecule has 3 rings (SSSR count). The Bertz CT molecular complexity index is 835. The van der Waals surface area contributed by atoms with E-state index < -0.39 is 5.97 Å². The van der Waals surface area contributed by atoms with Crippen molar-refractivity contribution in [3.05, 3.63) is 66.1 Å². The highest BCUT2D eigenvalue weighted by Gasteiger charge is 2.31. The fourth-order valence-corrected chi connectivity index (χ4v) is 3.19. The minimum absolute atomic E-state index is 0.00214. The van der Waals surface area contributed by atoms with Crippen molar-refractivity contribution in [2.45, 2.75) is 6.42 Å². The van der Waals surface area contributed by atoms with Gasteiger partial charge in [-0.2, -0.15) is 0 Å². The third-order valence-corrected chi connectivity index (χ3v) is 4.32. The Hall–Kier alpha value is -2.93. The summed E-state index contributed by atoms with van der Waals surface area (Å²) in [7, 11) is 0. The number of aromatic nitrogens is 1. The number of anilines is 1. The number of amidine groups is 1. The van der Waals surface area contributed by atoms with E-state index in [9.17, 15) is 9.59 Å². The maximum Gasteiger partial charge on any atom is 0.304 e. The molecule has 1 aliphatic heterocycles. The van der Waals surface area contributed by atoms with E-state index in [1.54, 1.807) is 24.5 Å². The summed E-state index contributed by atoms with van der Waals surface area (Å²) in [6, 6.07) is 12.8. The van der Waals surface area contributed by atoms with Gasteiger partial charge in [0.25, 0.3) is 5.91 Å². The van der Waals surface area contributed by atoms with Gasteiger partial charge in [0, 0.05) is 18.1 Å². The second kappa shape index (κ2) is 7.76. The fourth-order valence-electron chi connectivity index (χ4n) is 2.25. The van der Waals surface area contributed by atoms with E-state index in [2.05, 4.69) is 9.98 Å². The maximum absolute atomic E-state index is 12.8. The monoisotopic (exact) mass is 353 g/mol. The number of benzene rings is 1. The number of pyridine rings is 1. The predicted octanol–water partition coefficient (Wildman–Crippen LogP) is 3.03. The minimum Gasteiger partial charge on any atom is -0.481 e. The predicted molar refractivity (Wildman–Crippen MR) is 98.3 cm³/mol. The molecule has 0 unspecified atom stereocenters. The third-order valence-electron chi connectivity index (χ3n) is 3.38. The molecule has 0 saturated carbocycles. The second-order valence-electron chi connectivity index (χ2n) is 5.18. The van der Waals surface area contributed by atoms with Crippen LogP contribution in [0.15, 0.2) is 65.5 Å². The highest BCUT2D eigenvalue weighted by molar-refractivity contribution is 8.14. The smallest absolute Gasteiger partial charge is 0.304 e. The average molecular weight is 353 g/mol. The Morgan fingerprint density at radius 1 is 1.20 bits per heavy atom. The van der Waals surface area contributed by atoms with Gasteiger partial charge in [-0.05, 0) is 29.8 Å². The summed E-state index contributed by atoms with van der Waals surface area (Å²) in [5.41, 5.74) is 1.78. The summed E-state index contributed by atoms with van der Waals surface area (Å²) in [5.74, 6) is -0.784. The molecular weight excluding hydrogens is 338 g/mol. The Balaban J connectivity index is 1.91. The van der Waals surface area contributed by atoms with E-state index in [4.69, 9.17) is 5.11 Å². The standard InChI is InChI=1S/C18H15N3O3S/c22-16(23)8-10-25-18-20-15(11-13-5-4-9-19-12-13)17(24)21(18)14-6-2-1-3-7-14/h1-7,9,11-12H,8,10H2,(H,22,23)/b15-11-. The summed E-state index contributed by atoms with van der Waals surface area (Å²) < 4.78 is 0. The van der Waals surface area contributed by atoms with Crippen molar-refractivity contribution in [1.29, 1.82) is 0 Å². The molecule has 6 nitrogen and oxygen atoms in total. The van der Waals surface area contributed by atoms with Gasteiger partial charge in [-0.15, -0.1) is 0 Å². The normalized spacial score (nSPS) is 15.5. The number of hydrogen-bond donors (Lipinski definition) is 1. The number of carbonyl (C=O) groups excluding carboxylic acids is 1.